The molecule has 2 N–H and O–H groups in total. The largest absolute Gasteiger partial charge is 0.359 e. The van der Waals surface area contributed by atoms with Gasteiger partial charge < -0.3 is 15.5 Å². The van der Waals surface area contributed by atoms with Crippen LogP contribution in [-0.2, 0) is 4.79 Å². The fourth-order valence-corrected chi connectivity index (χ4v) is 3.87. The molecule has 1 aromatic carbocycles. The number of hydrogen-bond donors (Lipinski definition) is 2. The van der Waals surface area contributed by atoms with E-state index in [2.05, 4.69) is 60.7 Å². The van der Waals surface area contributed by atoms with Crippen molar-refractivity contribution in [1.82, 2.24) is 15.5 Å². The van der Waals surface area contributed by atoms with Crippen molar-refractivity contribution >= 4 is 27.8 Å². The number of rotatable bonds is 4. The zero-order valence-electron chi connectivity index (χ0n) is 15.0. The number of halogens is 1. The number of nitrogens with zero attached hydrogens (tertiary/aromatic N) is 2. The van der Waals surface area contributed by atoms with Gasteiger partial charge >= 0.3 is 0 Å². The van der Waals surface area contributed by atoms with Gasteiger partial charge in [-0.3, -0.25) is 9.79 Å². The molecule has 0 spiro atoms. The normalized spacial score (nSPS) is 24.1. The molecule has 0 bridgehead atoms. The summed E-state index contributed by atoms with van der Waals surface area (Å²) in [7, 11) is 3.57. The molecule has 1 aliphatic heterocycles. The maximum absolute atomic E-state index is 11.5. The summed E-state index contributed by atoms with van der Waals surface area (Å²) in [6, 6.07) is 9.09. The molecule has 3 rings (SSSR count). The van der Waals surface area contributed by atoms with Crippen molar-refractivity contribution in [1.29, 1.82) is 0 Å². The van der Waals surface area contributed by atoms with E-state index in [-0.39, 0.29) is 5.91 Å². The molecule has 5 nitrogen and oxygen atoms in total. The summed E-state index contributed by atoms with van der Waals surface area (Å²) in [5, 5.41) is 6.35. The molecule has 1 aromatic rings. The van der Waals surface area contributed by atoms with Gasteiger partial charge in [-0.25, -0.2) is 0 Å². The summed E-state index contributed by atoms with van der Waals surface area (Å²) in [6.07, 6.45) is 3.91. The third-order valence-electron chi connectivity index (χ3n) is 5.28. The predicted molar refractivity (Wildman–Crippen MR) is 105 cm³/mol. The first-order valence-electron chi connectivity index (χ1n) is 9.05. The summed E-state index contributed by atoms with van der Waals surface area (Å²) in [5.74, 6) is 2.22. The number of carbonyl (C=O) groups excluding carboxylic acids is 1. The van der Waals surface area contributed by atoms with Crippen LogP contribution in [0.5, 0.6) is 0 Å². The molecule has 2 atom stereocenters. The fraction of sp³-hybridized carbons (Fsp3) is 0.579. The van der Waals surface area contributed by atoms with Crippen molar-refractivity contribution in [3.63, 3.8) is 0 Å². The van der Waals surface area contributed by atoms with Crippen LogP contribution in [0.1, 0.15) is 37.2 Å². The highest BCUT2D eigenvalue weighted by atomic mass is 79.9. The van der Waals surface area contributed by atoms with E-state index in [1.54, 1.807) is 7.05 Å². The Morgan fingerprint density at radius 2 is 1.96 bits per heavy atom. The zero-order chi connectivity index (χ0) is 17.8. The van der Waals surface area contributed by atoms with Crippen molar-refractivity contribution in [2.24, 2.45) is 10.9 Å². The van der Waals surface area contributed by atoms with Crippen molar-refractivity contribution in [2.45, 2.75) is 37.6 Å². The lowest BCUT2D eigenvalue weighted by Crippen LogP contribution is -2.46. The first-order valence-corrected chi connectivity index (χ1v) is 9.84. The fourth-order valence-electron chi connectivity index (χ4n) is 3.61. The van der Waals surface area contributed by atoms with E-state index >= 15 is 0 Å². The minimum Gasteiger partial charge on any atom is -0.359 e. The number of likely N-dealkylation sites (tertiary alicyclic amines) is 1. The molecular weight excluding hydrogens is 380 g/mol. The molecule has 1 saturated carbocycles. The van der Waals surface area contributed by atoms with Gasteiger partial charge in [-0.15, -0.1) is 0 Å². The van der Waals surface area contributed by atoms with Gasteiger partial charge in [-0.1, -0.05) is 28.1 Å². The lowest BCUT2D eigenvalue weighted by molar-refractivity contribution is -0.121. The molecule has 0 aromatic heterocycles. The Morgan fingerprint density at radius 3 is 2.56 bits per heavy atom. The quantitative estimate of drug-likeness (QED) is 0.596. The Labute approximate surface area is 158 Å². The number of benzene rings is 1. The van der Waals surface area contributed by atoms with Gasteiger partial charge in [0.2, 0.25) is 5.91 Å². The van der Waals surface area contributed by atoms with Crippen LogP contribution in [0.3, 0.4) is 0 Å². The smallest absolute Gasteiger partial charge is 0.220 e. The van der Waals surface area contributed by atoms with Crippen LogP contribution in [-0.4, -0.2) is 50.0 Å². The van der Waals surface area contributed by atoms with Gasteiger partial charge in [0.15, 0.2) is 5.96 Å². The zero-order valence-corrected chi connectivity index (χ0v) is 16.6. The van der Waals surface area contributed by atoms with Gasteiger partial charge in [0.05, 0.1) is 0 Å². The number of aliphatic imine (C=N–C) groups is 1. The highest BCUT2D eigenvalue weighted by molar-refractivity contribution is 9.10. The third-order valence-corrected chi connectivity index (χ3v) is 5.81. The van der Waals surface area contributed by atoms with Crippen LogP contribution in [0, 0.1) is 5.92 Å². The number of carbonyl (C=O) groups is 1. The molecule has 2 unspecified atom stereocenters. The monoisotopic (exact) mass is 406 g/mol. The van der Waals surface area contributed by atoms with E-state index in [0.29, 0.717) is 24.3 Å². The van der Waals surface area contributed by atoms with Crippen LogP contribution in [0.15, 0.2) is 33.7 Å². The van der Waals surface area contributed by atoms with Crippen molar-refractivity contribution in [3.05, 3.63) is 34.3 Å². The Kier molecular flexibility index (Phi) is 5.99. The van der Waals surface area contributed by atoms with Gasteiger partial charge in [-0.05, 0) is 42.9 Å². The van der Waals surface area contributed by atoms with Crippen molar-refractivity contribution < 1.29 is 4.79 Å². The van der Waals surface area contributed by atoms with Gasteiger partial charge in [-0.2, -0.15) is 0 Å². The van der Waals surface area contributed by atoms with E-state index in [1.165, 1.54) is 5.56 Å². The second-order valence-electron chi connectivity index (χ2n) is 7.00. The second kappa shape index (κ2) is 8.21. The average molecular weight is 407 g/mol. The maximum atomic E-state index is 11.5. The summed E-state index contributed by atoms with van der Waals surface area (Å²) in [5.41, 5.74) is 1.39. The van der Waals surface area contributed by atoms with E-state index in [1.807, 2.05) is 7.05 Å². The maximum Gasteiger partial charge on any atom is 0.220 e. The van der Waals surface area contributed by atoms with Crippen LogP contribution in [0.2, 0.25) is 0 Å². The van der Waals surface area contributed by atoms with Crippen LogP contribution < -0.4 is 10.6 Å². The minimum absolute atomic E-state index is 0.149. The molecule has 6 heteroatoms. The first-order chi connectivity index (χ1) is 12.1. The van der Waals surface area contributed by atoms with Crippen LogP contribution in [0.4, 0.5) is 0 Å². The SMILES string of the molecule is CN=C(NC1CC1c1ccc(Br)cc1)N1CCC(CC(=O)NC)CC1. The van der Waals surface area contributed by atoms with Gasteiger partial charge in [0.25, 0.3) is 0 Å². The Morgan fingerprint density at radius 1 is 1.28 bits per heavy atom. The highest BCUT2D eigenvalue weighted by Gasteiger charge is 2.39. The van der Waals surface area contributed by atoms with Gasteiger partial charge in [0, 0.05) is 50.0 Å². The van der Waals surface area contributed by atoms with Crippen LogP contribution in [0.25, 0.3) is 0 Å². The Balaban J connectivity index is 1.48. The highest BCUT2D eigenvalue weighted by Crippen LogP contribution is 2.41. The molecule has 0 radical (unpaired) electrons. The molecular formula is C19H27BrN4O. The number of guanidine groups is 1. The van der Waals surface area contributed by atoms with E-state index < -0.39 is 0 Å². The number of amides is 1. The lowest BCUT2D eigenvalue weighted by Gasteiger charge is -2.34. The molecule has 1 amide bonds. The standard InChI is InChI=1S/C19H27BrN4O/c1-21-18(25)11-13-7-9-24(10-8-13)19(22-2)23-17-12-16(17)14-3-5-15(20)6-4-14/h3-6,13,16-17H,7-12H2,1-2H3,(H,21,25)(H,22,23). The molecule has 25 heavy (non-hydrogen) atoms. The summed E-state index contributed by atoms with van der Waals surface area (Å²) in [6.45, 7) is 1.94. The summed E-state index contributed by atoms with van der Waals surface area (Å²) >= 11 is 3.49. The Bertz CT molecular complexity index is 623. The molecule has 136 valence electrons. The summed E-state index contributed by atoms with van der Waals surface area (Å²) in [4.78, 5) is 18.3. The first kappa shape index (κ1) is 18.2. The summed E-state index contributed by atoms with van der Waals surface area (Å²) < 4.78 is 1.12. The van der Waals surface area contributed by atoms with Crippen molar-refractivity contribution in [3.8, 4) is 0 Å². The Hall–Kier alpha value is -1.56. The molecule has 1 heterocycles. The number of hydrogen-bond acceptors (Lipinski definition) is 2. The minimum atomic E-state index is 0.149. The third kappa shape index (κ3) is 4.75. The van der Waals surface area contributed by atoms with Gasteiger partial charge in [0.1, 0.15) is 0 Å². The van der Waals surface area contributed by atoms with E-state index in [4.69, 9.17) is 0 Å². The van der Waals surface area contributed by atoms with Crippen molar-refractivity contribution in [2.75, 3.05) is 27.2 Å². The predicted octanol–water partition coefficient (Wildman–Crippen LogP) is 2.73. The molecule has 2 aliphatic rings. The molecule has 2 fully saturated rings. The van der Waals surface area contributed by atoms with E-state index in [0.717, 1.165) is 42.8 Å². The number of nitrogens with one attached hydrogen (secondary N) is 2. The second-order valence-corrected chi connectivity index (χ2v) is 7.92. The topological polar surface area (TPSA) is 56.7 Å². The van der Waals surface area contributed by atoms with Crippen LogP contribution >= 0.6 is 15.9 Å². The molecule has 1 saturated heterocycles. The number of piperidine rings is 1. The molecule has 1 aliphatic carbocycles. The van der Waals surface area contributed by atoms with E-state index in [9.17, 15) is 4.79 Å². The lowest BCUT2D eigenvalue weighted by atomic mass is 9.93. The average Bonchev–Trinajstić information content (AvgIpc) is 3.40.